The Morgan fingerprint density at radius 2 is 1.86 bits per heavy atom. The molecule has 7 heteroatoms. The van der Waals surface area contributed by atoms with Gasteiger partial charge in [0.05, 0.1) is 5.92 Å². The standard InChI is InChI=1S/C29H38N4O3/c1-3-10-22(21-11-6-4-7-12-21)19-26(34)33-27(29(36)32(2)23-13-8-5-9-14-23)24(28(33)35)17-20-15-16-31-25(30)18-20/h5,8-9,13-16,18,21-22,24,27H,3-4,6-7,10-12,17,19H2,1-2H3,(H2,30,31)/t22-,24+,27-/m0/s1. The zero-order chi connectivity index (χ0) is 25.7. The molecule has 7 nitrogen and oxygen atoms in total. The van der Waals surface area contributed by atoms with Crippen molar-refractivity contribution in [3.63, 3.8) is 0 Å². The molecule has 1 aromatic heterocycles. The molecule has 0 bridgehead atoms. The summed E-state index contributed by atoms with van der Waals surface area (Å²) >= 11 is 0. The number of para-hydroxylation sites is 1. The number of likely N-dealkylation sites (tertiary alicyclic amines) is 1. The van der Waals surface area contributed by atoms with E-state index in [2.05, 4.69) is 11.9 Å². The molecule has 0 spiro atoms. The summed E-state index contributed by atoms with van der Waals surface area (Å²) in [5, 5.41) is 0. The number of hydrogen-bond donors (Lipinski definition) is 1. The topological polar surface area (TPSA) is 96.6 Å². The Morgan fingerprint density at radius 1 is 1.14 bits per heavy atom. The van der Waals surface area contributed by atoms with E-state index in [9.17, 15) is 14.4 Å². The first-order chi connectivity index (χ1) is 17.4. The van der Waals surface area contributed by atoms with Crippen molar-refractivity contribution in [3.05, 3.63) is 54.2 Å². The normalized spacial score (nSPS) is 21.1. The number of nitrogens with zero attached hydrogens (tertiary/aromatic N) is 3. The first-order valence-electron chi connectivity index (χ1n) is 13.3. The SMILES string of the molecule is CCC[C@@H](CC(=O)N1C(=O)[C@H](Cc2ccnc(N)c2)[C@H]1C(=O)N(C)c1ccccc1)C1CCCCC1. The Morgan fingerprint density at radius 3 is 2.53 bits per heavy atom. The highest BCUT2D eigenvalue weighted by molar-refractivity contribution is 6.12. The van der Waals surface area contributed by atoms with Crippen LogP contribution in [-0.2, 0) is 20.8 Å². The van der Waals surface area contributed by atoms with E-state index in [1.54, 1.807) is 30.3 Å². The van der Waals surface area contributed by atoms with Gasteiger partial charge in [-0.1, -0.05) is 63.6 Å². The average molecular weight is 491 g/mol. The van der Waals surface area contributed by atoms with Gasteiger partial charge in [-0.25, -0.2) is 4.98 Å². The molecule has 0 unspecified atom stereocenters. The number of amides is 3. The molecule has 2 aliphatic rings. The summed E-state index contributed by atoms with van der Waals surface area (Å²) in [5.74, 6) is -0.178. The van der Waals surface area contributed by atoms with E-state index in [0.717, 1.165) is 36.9 Å². The maximum atomic E-state index is 13.7. The molecule has 2 N–H and O–H groups in total. The van der Waals surface area contributed by atoms with Crippen LogP contribution in [0.2, 0.25) is 0 Å². The van der Waals surface area contributed by atoms with Gasteiger partial charge in [0, 0.05) is 25.4 Å². The van der Waals surface area contributed by atoms with Gasteiger partial charge in [-0.05, 0) is 54.5 Å². The number of imide groups is 1. The number of nitrogen functional groups attached to an aromatic ring is 1. The highest BCUT2D eigenvalue weighted by Gasteiger charge is 2.55. The number of hydrogen-bond acceptors (Lipinski definition) is 5. The molecule has 3 atom stereocenters. The van der Waals surface area contributed by atoms with E-state index in [1.807, 2.05) is 30.3 Å². The van der Waals surface area contributed by atoms with Crippen LogP contribution in [0.4, 0.5) is 11.5 Å². The molecule has 36 heavy (non-hydrogen) atoms. The summed E-state index contributed by atoms with van der Waals surface area (Å²) < 4.78 is 0. The average Bonchev–Trinajstić information content (AvgIpc) is 2.90. The molecule has 1 aliphatic heterocycles. The van der Waals surface area contributed by atoms with Crippen LogP contribution < -0.4 is 10.6 Å². The largest absolute Gasteiger partial charge is 0.384 e. The van der Waals surface area contributed by atoms with E-state index in [-0.39, 0.29) is 23.6 Å². The second kappa shape index (κ2) is 11.7. The van der Waals surface area contributed by atoms with Crippen molar-refractivity contribution in [2.24, 2.45) is 17.8 Å². The maximum Gasteiger partial charge on any atom is 0.250 e. The third kappa shape index (κ3) is 5.61. The van der Waals surface area contributed by atoms with Crippen LogP contribution >= 0.6 is 0 Å². The van der Waals surface area contributed by atoms with Crippen LogP contribution in [0.5, 0.6) is 0 Å². The highest BCUT2D eigenvalue weighted by Crippen LogP contribution is 2.38. The number of rotatable bonds is 9. The van der Waals surface area contributed by atoms with Crippen LogP contribution in [0.3, 0.4) is 0 Å². The fourth-order valence-electron chi connectivity index (χ4n) is 5.96. The Hall–Kier alpha value is -3.22. The maximum absolute atomic E-state index is 13.7. The smallest absolute Gasteiger partial charge is 0.250 e. The number of likely N-dealkylation sites (N-methyl/N-ethyl adjacent to an activating group) is 1. The summed E-state index contributed by atoms with van der Waals surface area (Å²) in [7, 11) is 1.70. The van der Waals surface area contributed by atoms with Gasteiger partial charge < -0.3 is 10.6 Å². The number of nitrogens with two attached hydrogens (primary N) is 1. The second-order valence-corrected chi connectivity index (χ2v) is 10.3. The van der Waals surface area contributed by atoms with Crippen molar-refractivity contribution in [2.45, 2.75) is 70.8 Å². The van der Waals surface area contributed by atoms with E-state index < -0.39 is 12.0 Å². The number of benzene rings is 1. The molecule has 1 saturated heterocycles. The van der Waals surface area contributed by atoms with Gasteiger partial charge in [-0.15, -0.1) is 0 Å². The number of aromatic nitrogens is 1. The molecule has 3 amide bonds. The van der Waals surface area contributed by atoms with E-state index in [4.69, 9.17) is 5.73 Å². The van der Waals surface area contributed by atoms with Crippen molar-refractivity contribution >= 4 is 29.2 Å². The minimum atomic E-state index is -0.821. The summed E-state index contributed by atoms with van der Waals surface area (Å²) in [6, 6.07) is 12.0. The first-order valence-corrected chi connectivity index (χ1v) is 13.3. The fourth-order valence-corrected chi connectivity index (χ4v) is 5.96. The van der Waals surface area contributed by atoms with Crippen molar-refractivity contribution in [2.75, 3.05) is 17.7 Å². The predicted octanol–water partition coefficient (Wildman–Crippen LogP) is 4.61. The molecule has 1 aromatic carbocycles. The first kappa shape index (κ1) is 25.9. The molecule has 2 heterocycles. The lowest BCUT2D eigenvalue weighted by Gasteiger charge is -2.46. The number of β-lactam (4-membered cyclic amide) rings is 1. The number of anilines is 2. The third-order valence-corrected chi connectivity index (χ3v) is 7.92. The molecule has 0 radical (unpaired) electrons. The molecular weight excluding hydrogens is 452 g/mol. The van der Waals surface area contributed by atoms with Gasteiger partial charge in [-0.3, -0.25) is 19.3 Å². The number of carbonyl (C=O) groups is 3. The summed E-state index contributed by atoms with van der Waals surface area (Å²) in [6.45, 7) is 2.15. The Bertz CT molecular complexity index is 1070. The predicted molar refractivity (Wildman–Crippen MR) is 141 cm³/mol. The lowest BCUT2D eigenvalue weighted by molar-refractivity contribution is -0.171. The van der Waals surface area contributed by atoms with Crippen molar-refractivity contribution in [1.29, 1.82) is 0 Å². The van der Waals surface area contributed by atoms with Gasteiger partial charge in [0.25, 0.3) is 5.91 Å². The molecule has 2 aromatic rings. The minimum absolute atomic E-state index is 0.214. The molecule has 2 fully saturated rings. The molecular formula is C29H38N4O3. The summed E-state index contributed by atoms with van der Waals surface area (Å²) in [6.07, 6.45) is 10.2. The van der Waals surface area contributed by atoms with Crippen molar-refractivity contribution < 1.29 is 14.4 Å². The van der Waals surface area contributed by atoms with E-state index >= 15 is 0 Å². The lowest BCUT2D eigenvalue weighted by atomic mass is 9.75. The number of pyridine rings is 1. The van der Waals surface area contributed by atoms with Crippen LogP contribution in [-0.4, -0.2) is 40.7 Å². The van der Waals surface area contributed by atoms with Crippen LogP contribution in [0.15, 0.2) is 48.7 Å². The molecule has 4 rings (SSSR count). The molecule has 1 aliphatic carbocycles. The third-order valence-electron chi connectivity index (χ3n) is 7.92. The fraction of sp³-hybridized carbons (Fsp3) is 0.517. The van der Waals surface area contributed by atoms with Crippen molar-refractivity contribution in [1.82, 2.24) is 9.88 Å². The van der Waals surface area contributed by atoms with E-state index in [1.165, 1.54) is 24.2 Å². The zero-order valence-corrected chi connectivity index (χ0v) is 21.4. The summed E-state index contributed by atoms with van der Waals surface area (Å²) in [5.41, 5.74) is 7.40. The molecule has 1 saturated carbocycles. The van der Waals surface area contributed by atoms with Gasteiger partial charge in [0.2, 0.25) is 11.8 Å². The van der Waals surface area contributed by atoms with E-state index in [0.29, 0.717) is 24.6 Å². The highest BCUT2D eigenvalue weighted by atomic mass is 16.2. The zero-order valence-electron chi connectivity index (χ0n) is 21.4. The monoisotopic (exact) mass is 490 g/mol. The van der Waals surface area contributed by atoms with Crippen LogP contribution in [0, 0.1) is 17.8 Å². The second-order valence-electron chi connectivity index (χ2n) is 10.3. The van der Waals surface area contributed by atoms with Crippen molar-refractivity contribution in [3.8, 4) is 0 Å². The van der Waals surface area contributed by atoms with Gasteiger partial charge in [0.15, 0.2) is 0 Å². The summed E-state index contributed by atoms with van der Waals surface area (Å²) in [4.78, 5) is 47.5. The number of carbonyl (C=O) groups excluding carboxylic acids is 3. The minimum Gasteiger partial charge on any atom is -0.384 e. The lowest BCUT2D eigenvalue weighted by Crippen LogP contribution is -2.69. The Labute approximate surface area is 214 Å². The molecule has 192 valence electrons. The van der Waals surface area contributed by atoms with Crippen LogP contribution in [0.1, 0.15) is 63.9 Å². The van der Waals surface area contributed by atoms with Gasteiger partial charge >= 0.3 is 0 Å². The quantitative estimate of drug-likeness (QED) is 0.518. The Kier molecular flexibility index (Phi) is 8.39. The Balaban J connectivity index is 1.56. The van der Waals surface area contributed by atoms with Gasteiger partial charge in [-0.2, -0.15) is 0 Å². The van der Waals surface area contributed by atoms with Gasteiger partial charge in [0.1, 0.15) is 11.9 Å². The van der Waals surface area contributed by atoms with Crippen LogP contribution in [0.25, 0.3) is 0 Å².